The Labute approximate surface area is 210 Å². The highest BCUT2D eigenvalue weighted by Crippen LogP contribution is 2.17. The summed E-state index contributed by atoms with van der Waals surface area (Å²) in [5.41, 5.74) is 8.49. The number of nitrogens with zero attached hydrogens (tertiary/aromatic N) is 6. The number of rotatable bonds is 10. The number of nitrogens with two attached hydrogens (primary N) is 2. The van der Waals surface area contributed by atoms with Gasteiger partial charge in [0.05, 0.1) is 30.1 Å². The molecule has 1 aromatic carbocycles. The van der Waals surface area contributed by atoms with Crippen molar-refractivity contribution in [3.05, 3.63) is 65.0 Å². The minimum atomic E-state index is -0.537. The fraction of sp³-hybridized carbons (Fsp3) is 0.360. The van der Waals surface area contributed by atoms with E-state index in [0.717, 1.165) is 29.9 Å². The Bertz CT molecular complexity index is 1120. The molecule has 1 aliphatic heterocycles. The normalized spacial score (nSPS) is 14.6. The van der Waals surface area contributed by atoms with Crippen molar-refractivity contribution < 1.29 is 13.9 Å². The molecule has 0 saturated carbocycles. The molecule has 3 rings (SSSR count). The number of hydrazone groups is 1. The number of piperazine rings is 1. The fourth-order valence-corrected chi connectivity index (χ4v) is 3.76. The molecular formula is C25H31FN8O2. The number of hydrazine groups is 1. The number of amidine groups is 1. The molecule has 36 heavy (non-hydrogen) atoms. The maximum absolute atomic E-state index is 12.8. The Morgan fingerprint density at radius 1 is 1.31 bits per heavy atom. The Balaban J connectivity index is 1.55. The van der Waals surface area contributed by atoms with Gasteiger partial charge in [-0.15, -0.1) is 5.10 Å². The van der Waals surface area contributed by atoms with Crippen LogP contribution < -0.4 is 16.3 Å². The lowest BCUT2D eigenvalue weighted by Gasteiger charge is -2.34. The van der Waals surface area contributed by atoms with Crippen LogP contribution in [0.3, 0.4) is 0 Å². The molecule has 1 fully saturated rings. The minimum Gasteiger partial charge on any atom is -0.489 e. The number of hydrogen-bond acceptors (Lipinski definition) is 8. The van der Waals surface area contributed by atoms with Gasteiger partial charge in [0, 0.05) is 38.8 Å². The second-order valence-corrected chi connectivity index (χ2v) is 8.32. The van der Waals surface area contributed by atoms with Gasteiger partial charge in [0.25, 0.3) is 0 Å². The van der Waals surface area contributed by atoms with E-state index in [0.29, 0.717) is 36.8 Å². The lowest BCUT2D eigenvalue weighted by atomic mass is 10.0. The predicted octanol–water partition coefficient (Wildman–Crippen LogP) is 1.63. The van der Waals surface area contributed by atoms with Crippen LogP contribution in [0.15, 0.2) is 47.7 Å². The Morgan fingerprint density at radius 3 is 2.72 bits per heavy atom. The van der Waals surface area contributed by atoms with Crippen LogP contribution in [0.5, 0.6) is 5.75 Å². The van der Waals surface area contributed by atoms with Crippen LogP contribution in [-0.2, 0) is 17.9 Å². The fourth-order valence-electron chi connectivity index (χ4n) is 3.76. The van der Waals surface area contributed by atoms with Gasteiger partial charge in [-0.2, -0.15) is 5.26 Å². The van der Waals surface area contributed by atoms with E-state index in [9.17, 15) is 14.4 Å². The highest BCUT2D eigenvalue weighted by molar-refractivity contribution is 5.92. The molecule has 190 valence electrons. The van der Waals surface area contributed by atoms with Gasteiger partial charge in [0.15, 0.2) is 0 Å². The molecule has 0 radical (unpaired) electrons. The van der Waals surface area contributed by atoms with Crippen LogP contribution in [0.25, 0.3) is 6.08 Å². The lowest BCUT2D eigenvalue weighted by Crippen LogP contribution is -2.47. The molecule has 0 bridgehead atoms. The van der Waals surface area contributed by atoms with Crippen LogP contribution >= 0.6 is 0 Å². The molecule has 0 unspecified atom stereocenters. The summed E-state index contributed by atoms with van der Waals surface area (Å²) in [6, 6.07) is 11.0. The standard InChI is InChI=1S/C25H31FN8O2/c1-19(28)31-34(29)17-22-14-20(15-27)2-3-21(22)4-7-25(35)33-11-9-32(10-12-33)18-23-5-6-24(16-30-23)36-13-8-26/h2-7,14,16H,8-13,17-18,29H2,1H3,(H2,28,31)/b7-4+. The molecule has 0 aliphatic carbocycles. The average Bonchev–Trinajstić information content (AvgIpc) is 2.87. The van der Waals surface area contributed by atoms with E-state index in [1.165, 1.54) is 11.2 Å². The van der Waals surface area contributed by atoms with E-state index in [2.05, 4.69) is 21.1 Å². The first-order valence-corrected chi connectivity index (χ1v) is 11.6. The van der Waals surface area contributed by atoms with Crippen molar-refractivity contribution in [3.8, 4) is 11.8 Å². The number of ether oxygens (including phenoxy) is 1. The molecule has 4 N–H and O–H groups in total. The van der Waals surface area contributed by atoms with E-state index in [4.69, 9.17) is 16.3 Å². The van der Waals surface area contributed by atoms with Crippen LogP contribution in [0.2, 0.25) is 0 Å². The molecule has 1 aromatic heterocycles. The zero-order valence-corrected chi connectivity index (χ0v) is 20.3. The lowest BCUT2D eigenvalue weighted by molar-refractivity contribution is -0.127. The molecule has 0 atom stereocenters. The first-order valence-electron chi connectivity index (χ1n) is 11.6. The van der Waals surface area contributed by atoms with Crippen LogP contribution in [0, 0.1) is 11.3 Å². The maximum Gasteiger partial charge on any atom is 0.246 e. The number of pyridine rings is 1. The summed E-state index contributed by atoms with van der Waals surface area (Å²) in [6.07, 6.45) is 4.87. The van der Waals surface area contributed by atoms with Crippen molar-refractivity contribution in [2.75, 3.05) is 39.5 Å². The summed E-state index contributed by atoms with van der Waals surface area (Å²) in [5.74, 6) is 6.67. The van der Waals surface area contributed by atoms with Gasteiger partial charge in [-0.1, -0.05) is 6.07 Å². The average molecular weight is 495 g/mol. The van der Waals surface area contributed by atoms with Crippen molar-refractivity contribution in [1.82, 2.24) is 19.9 Å². The minimum absolute atomic E-state index is 0.0198. The summed E-state index contributed by atoms with van der Waals surface area (Å²) in [6.45, 7) is 4.65. The third-order valence-electron chi connectivity index (χ3n) is 5.51. The van der Waals surface area contributed by atoms with E-state index in [-0.39, 0.29) is 19.1 Å². The van der Waals surface area contributed by atoms with Crippen molar-refractivity contribution in [1.29, 1.82) is 5.26 Å². The van der Waals surface area contributed by atoms with Gasteiger partial charge in [0.1, 0.15) is 24.9 Å². The van der Waals surface area contributed by atoms with E-state index < -0.39 is 6.67 Å². The molecule has 2 heterocycles. The quantitative estimate of drug-likeness (QED) is 0.167. The molecule has 1 aliphatic rings. The summed E-state index contributed by atoms with van der Waals surface area (Å²) in [7, 11) is 0. The number of benzene rings is 1. The van der Waals surface area contributed by atoms with E-state index >= 15 is 0 Å². The Kier molecular flexibility index (Phi) is 9.73. The second kappa shape index (κ2) is 13.2. The smallest absolute Gasteiger partial charge is 0.246 e. The molecule has 2 aromatic rings. The van der Waals surface area contributed by atoms with Crippen LogP contribution in [0.4, 0.5) is 4.39 Å². The molecule has 1 amide bonds. The maximum atomic E-state index is 12.8. The highest BCUT2D eigenvalue weighted by Gasteiger charge is 2.20. The molecule has 1 saturated heterocycles. The number of carbonyl (C=O) groups is 1. The molecule has 0 spiro atoms. The van der Waals surface area contributed by atoms with Gasteiger partial charge in [-0.05, 0) is 48.4 Å². The van der Waals surface area contributed by atoms with Crippen molar-refractivity contribution in [2.24, 2.45) is 16.7 Å². The Hall–Kier alpha value is -4.01. The largest absolute Gasteiger partial charge is 0.489 e. The van der Waals surface area contributed by atoms with Gasteiger partial charge < -0.3 is 15.4 Å². The van der Waals surface area contributed by atoms with Crippen LogP contribution in [-0.4, -0.2) is 71.1 Å². The highest BCUT2D eigenvalue weighted by atomic mass is 19.1. The number of alkyl halides is 1. The molecule has 11 heteroatoms. The third-order valence-corrected chi connectivity index (χ3v) is 5.51. The summed E-state index contributed by atoms with van der Waals surface area (Å²) in [4.78, 5) is 21.2. The number of hydrogen-bond donors (Lipinski definition) is 2. The number of nitriles is 1. The van der Waals surface area contributed by atoms with Gasteiger partial charge >= 0.3 is 0 Å². The molecular weight excluding hydrogens is 463 g/mol. The number of aromatic nitrogens is 1. The number of amides is 1. The Morgan fingerprint density at radius 2 is 2.08 bits per heavy atom. The van der Waals surface area contributed by atoms with Crippen molar-refractivity contribution in [3.63, 3.8) is 0 Å². The first kappa shape index (κ1) is 26.6. The first-order chi connectivity index (χ1) is 17.4. The summed E-state index contributed by atoms with van der Waals surface area (Å²) >= 11 is 0. The van der Waals surface area contributed by atoms with Gasteiger partial charge in [-0.25, -0.2) is 15.4 Å². The zero-order chi connectivity index (χ0) is 25.9. The monoisotopic (exact) mass is 494 g/mol. The molecule has 10 nitrogen and oxygen atoms in total. The van der Waals surface area contributed by atoms with E-state index in [1.807, 2.05) is 6.07 Å². The van der Waals surface area contributed by atoms with Crippen molar-refractivity contribution in [2.45, 2.75) is 20.0 Å². The zero-order valence-electron chi connectivity index (χ0n) is 20.3. The second-order valence-electron chi connectivity index (χ2n) is 8.32. The third kappa shape index (κ3) is 8.04. The number of carbonyl (C=O) groups excluding carboxylic acids is 1. The SMILES string of the molecule is C/C(N)=N/N(N)Cc1cc(C#N)ccc1/C=C/C(=O)N1CCN(Cc2ccc(OCCF)cn2)CC1. The van der Waals surface area contributed by atoms with Crippen LogP contribution in [0.1, 0.15) is 29.3 Å². The topological polar surface area (TPSA) is 137 Å². The number of halogens is 1. The van der Waals surface area contributed by atoms with E-state index in [1.54, 1.807) is 48.4 Å². The van der Waals surface area contributed by atoms with Gasteiger partial charge in [-0.3, -0.25) is 14.7 Å². The predicted molar refractivity (Wildman–Crippen MR) is 135 cm³/mol. The summed E-state index contributed by atoms with van der Waals surface area (Å²) in [5, 5.41) is 14.4. The van der Waals surface area contributed by atoms with Crippen molar-refractivity contribution >= 4 is 17.8 Å². The summed E-state index contributed by atoms with van der Waals surface area (Å²) < 4.78 is 17.4. The van der Waals surface area contributed by atoms with Gasteiger partial charge in [0.2, 0.25) is 5.91 Å².